The van der Waals surface area contributed by atoms with Gasteiger partial charge in [-0.25, -0.2) is 0 Å². The third kappa shape index (κ3) is 2.57. The molecule has 3 N–H and O–H groups in total. The Morgan fingerprint density at radius 2 is 2.00 bits per heavy atom. The average molecular weight is 318 g/mol. The lowest BCUT2D eigenvalue weighted by molar-refractivity contribution is -0.141. The molecule has 5 nitrogen and oxygen atoms in total. The fraction of sp³-hybridized carbons (Fsp3) is 0.611. The molecule has 1 aromatic rings. The van der Waals surface area contributed by atoms with Crippen LogP contribution in [-0.2, 0) is 14.9 Å². The molecule has 1 saturated heterocycles. The highest BCUT2D eigenvalue weighted by Gasteiger charge is 2.52. The summed E-state index contributed by atoms with van der Waals surface area (Å²) in [5, 5.41) is 17.5. The maximum Gasteiger partial charge on any atom is 0.252 e. The van der Waals surface area contributed by atoms with Crippen LogP contribution in [0.15, 0.2) is 24.3 Å². The number of nitrogens with one attached hydrogen (secondary N) is 2. The van der Waals surface area contributed by atoms with E-state index >= 15 is 0 Å². The molecule has 1 aliphatic carbocycles. The second-order valence-corrected chi connectivity index (χ2v) is 7.10. The minimum absolute atomic E-state index is 0.204. The van der Waals surface area contributed by atoms with E-state index in [1.807, 2.05) is 18.2 Å². The van der Waals surface area contributed by atoms with E-state index < -0.39 is 11.7 Å². The molecule has 2 aliphatic rings. The van der Waals surface area contributed by atoms with Gasteiger partial charge < -0.3 is 20.5 Å². The number of piperidine rings is 1. The van der Waals surface area contributed by atoms with Crippen LogP contribution in [-0.4, -0.2) is 42.9 Å². The normalized spacial score (nSPS) is 26.1. The summed E-state index contributed by atoms with van der Waals surface area (Å²) in [5.74, 6) is -0.204. The first-order chi connectivity index (χ1) is 10.9. The van der Waals surface area contributed by atoms with Gasteiger partial charge in [-0.15, -0.1) is 0 Å². The van der Waals surface area contributed by atoms with Gasteiger partial charge in [-0.3, -0.25) is 4.79 Å². The van der Waals surface area contributed by atoms with Crippen molar-refractivity contribution in [2.45, 2.75) is 49.9 Å². The number of fused-ring (bicyclic) bond motifs is 2. The summed E-state index contributed by atoms with van der Waals surface area (Å²) < 4.78 is 5.27. The topological polar surface area (TPSA) is 70.6 Å². The zero-order valence-corrected chi connectivity index (χ0v) is 14.1. The third-order valence-electron chi connectivity index (χ3n) is 5.55. The maximum atomic E-state index is 12.5. The van der Waals surface area contributed by atoms with Crippen LogP contribution in [0.4, 0.5) is 0 Å². The number of rotatable bonds is 3. The minimum Gasteiger partial charge on any atom is -0.390 e. The zero-order valence-electron chi connectivity index (χ0n) is 14.1. The number of hydrogen-bond donors (Lipinski definition) is 3. The molecule has 1 aliphatic heterocycles. The molecule has 1 heterocycles. The van der Waals surface area contributed by atoms with Crippen LogP contribution in [0.5, 0.6) is 0 Å². The van der Waals surface area contributed by atoms with Gasteiger partial charge in [0.15, 0.2) is 0 Å². The molecule has 1 amide bonds. The Hall–Kier alpha value is -1.43. The van der Waals surface area contributed by atoms with E-state index in [1.54, 1.807) is 13.8 Å². The highest BCUT2D eigenvalue weighted by atomic mass is 16.5. The predicted octanol–water partition coefficient (Wildman–Crippen LogP) is 1.26. The summed E-state index contributed by atoms with van der Waals surface area (Å²) in [4.78, 5) is 12.5. The Kier molecular flexibility index (Phi) is 4.21. The van der Waals surface area contributed by atoms with Crippen LogP contribution in [0.25, 0.3) is 0 Å². The highest BCUT2D eigenvalue weighted by Crippen LogP contribution is 2.50. The zero-order chi connectivity index (χ0) is 16.7. The van der Waals surface area contributed by atoms with Gasteiger partial charge in [0.25, 0.3) is 5.91 Å². The Bertz CT molecular complexity index is 594. The van der Waals surface area contributed by atoms with E-state index in [1.165, 1.54) is 12.7 Å². The van der Waals surface area contributed by atoms with Crippen molar-refractivity contribution in [3.8, 4) is 0 Å². The number of amides is 1. The lowest BCUT2D eigenvalue weighted by Crippen LogP contribution is -2.51. The molecule has 1 fully saturated rings. The van der Waals surface area contributed by atoms with Crippen molar-refractivity contribution in [2.24, 2.45) is 0 Å². The first-order valence-corrected chi connectivity index (χ1v) is 8.27. The number of aliphatic hydroxyl groups is 1. The van der Waals surface area contributed by atoms with Crippen molar-refractivity contribution in [3.63, 3.8) is 0 Å². The second kappa shape index (κ2) is 5.89. The van der Waals surface area contributed by atoms with Gasteiger partial charge in [0, 0.05) is 12.5 Å². The van der Waals surface area contributed by atoms with Crippen molar-refractivity contribution in [2.75, 3.05) is 20.2 Å². The quantitative estimate of drug-likeness (QED) is 0.785. The van der Waals surface area contributed by atoms with Crippen molar-refractivity contribution in [3.05, 3.63) is 35.4 Å². The molecule has 0 saturated carbocycles. The molecular formula is C18H26N2O3. The number of aliphatic hydroxyl groups excluding tert-OH is 1. The summed E-state index contributed by atoms with van der Waals surface area (Å²) in [5.41, 5.74) is 1.02. The number of ether oxygens (including phenoxy) is 1. The standard InChI is InChI=1S/C18H26N2O3/c1-17(2,23-3)16(22)20-14-12-6-4-5-7-13(12)18(15(14)21)8-10-19-11-9-18/h4-7,14-15,19,21H,8-11H2,1-3H3,(H,20,22)/t14-,15+/m1/s1. The summed E-state index contributed by atoms with van der Waals surface area (Å²) in [7, 11) is 1.52. The smallest absolute Gasteiger partial charge is 0.252 e. The van der Waals surface area contributed by atoms with Gasteiger partial charge in [-0.2, -0.15) is 0 Å². The van der Waals surface area contributed by atoms with E-state index in [9.17, 15) is 9.90 Å². The Morgan fingerprint density at radius 3 is 2.65 bits per heavy atom. The molecule has 0 aromatic heterocycles. The number of hydrogen-bond acceptors (Lipinski definition) is 4. The van der Waals surface area contributed by atoms with Crippen LogP contribution >= 0.6 is 0 Å². The number of carbonyl (C=O) groups excluding carboxylic acids is 1. The average Bonchev–Trinajstić information content (AvgIpc) is 2.79. The molecule has 1 aromatic carbocycles. The summed E-state index contributed by atoms with van der Waals surface area (Å²) in [6, 6.07) is 7.70. The van der Waals surface area contributed by atoms with Crippen LogP contribution in [0.2, 0.25) is 0 Å². The lowest BCUT2D eigenvalue weighted by atomic mass is 9.72. The van der Waals surface area contributed by atoms with E-state index in [4.69, 9.17) is 4.74 Å². The predicted molar refractivity (Wildman–Crippen MR) is 88.2 cm³/mol. The molecule has 5 heteroatoms. The molecule has 0 unspecified atom stereocenters. The number of methoxy groups -OCH3 is 1. The van der Waals surface area contributed by atoms with E-state index in [-0.39, 0.29) is 17.4 Å². The fourth-order valence-electron chi connectivity index (χ4n) is 3.87. The van der Waals surface area contributed by atoms with Crippen LogP contribution < -0.4 is 10.6 Å². The van der Waals surface area contributed by atoms with Gasteiger partial charge in [-0.1, -0.05) is 24.3 Å². The van der Waals surface area contributed by atoms with Crippen molar-refractivity contribution >= 4 is 5.91 Å². The van der Waals surface area contributed by atoms with Crippen molar-refractivity contribution in [1.82, 2.24) is 10.6 Å². The number of benzene rings is 1. The molecule has 3 rings (SSSR count). The first-order valence-electron chi connectivity index (χ1n) is 8.27. The van der Waals surface area contributed by atoms with Gasteiger partial charge in [-0.05, 0) is 50.9 Å². The molecule has 23 heavy (non-hydrogen) atoms. The van der Waals surface area contributed by atoms with E-state index in [0.717, 1.165) is 31.5 Å². The fourth-order valence-corrected chi connectivity index (χ4v) is 3.87. The summed E-state index contributed by atoms with van der Waals surface area (Å²) in [6.45, 7) is 5.23. The van der Waals surface area contributed by atoms with E-state index in [0.29, 0.717) is 0 Å². The summed E-state index contributed by atoms with van der Waals surface area (Å²) in [6.07, 6.45) is 1.15. The van der Waals surface area contributed by atoms with Crippen molar-refractivity contribution in [1.29, 1.82) is 0 Å². The molecule has 126 valence electrons. The molecule has 1 spiro atoms. The summed E-state index contributed by atoms with van der Waals surface area (Å²) >= 11 is 0. The Labute approximate surface area is 137 Å². The van der Waals surface area contributed by atoms with Gasteiger partial charge in [0.2, 0.25) is 0 Å². The molecular weight excluding hydrogens is 292 g/mol. The Balaban J connectivity index is 1.95. The van der Waals surface area contributed by atoms with Gasteiger partial charge in [0.1, 0.15) is 5.60 Å². The van der Waals surface area contributed by atoms with Crippen LogP contribution in [0.1, 0.15) is 43.9 Å². The largest absolute Gasteiger partial charge is 0.390 e. The third-order valence-corrected chi connectivity index (χ3v) is 5.55. The Morgan fingerprint density at radius 1 is 1.35 bits per heavy atom. The van der Waals surface area contributed by atoms with Crippen LogP contribution in [0, 0.1) is 0 Å². The van der Waals surface area contributed by atoms with Gasteiger partial charge in [0.05, 0.1) is 12.1 Å². The highest BCUT2D eigenvalue weighted by molar-refractivity contribution is 5.85. The minimum atomic E-state index is -0.918. The lowest BCUT2D eigenvalue weighted by Gasteiger charge is -2.39. The first kappa shape index (κ1) is 16.4. The molecule has 0 radical (unpaired) electrons. The monoisotopic (exact) mass is 318 g/mol. The second-order valence-electron chi connectivity index (χ2n) is 7.10. The van der Waals surface area contributed by atoms with Crippen molar-refractivity contribution < 1.29 is 14.6 Å². The van der Waals surface area contributed by atoms with E-state index in [2.05, 4.69) is 16.7 Å². The SMILES string of the molecule is COC(C)(C)C(=O)N[C@@H]1c2ccccc2C2(CCNCC2)[C@H]1O. The van der Waals surface area contributed by atoms with Gasteiger partial charge >= 0.3 is 0 Å². The maximum absolute atomic E-state index is 12.5. The number of carbonyl (C=O) groups is 1. The van der Waals surface area contributed by atoms with Crippen LogP contribution in [0.3, 0.4) is 0 Å². The molecule has 2 atom stereocenters. The molecule has 0 bridgehead atoms.